The molecule has 2 unspecified atom stereocenters. The predicted octanol–water partition coefficient (Wildman–Crippen LogP) is 3.18. The molecule has 0 aromatic heterocycles. The molecule has 3 heteroatoms. The Morgan fingerprint density at radius 2 is 2.00 bits per heavy atom. The van der Waals surface area contributed by atoms with E-state index < -0.39 is 0 Å². The molecule has 0 amide bonds. The fourth-order valence-corrected chi connectivity index (χ4v) is 3.21. The van der Waals surface area contributed by atoms with E-state index in [4.69, 9.17) is 9.47 Å². The lowest BCUT2D eigenvalue weighted by Gasteiger charge is -2.14. The molecule has 2 aromatic rings. The van der Waals surface area contributed by atoms with Crippen LogP contribution in [0, 0.1) is 6.92 Å². The van der Waals surface area contributed by atoms with E-state index in [0.29, 0.717) is 6.61 Å². The molecule has 0 spiro atoms. The van der Waals surface area contributed by atoms with Gasteiger partial charge in [0, 0.05) is 17.5 Å². The summed E-state index contributed by atoms with van der Waals surface area (Å²) in [4.78, 5) is 0. The number of aromatic hydroxyl groups is 1. The highest BCUT2D eigenvalue weighted by molar-refractivity contribution is 5.51. The Hall–Kier alpha value is -2.16. The van der Waals surface area contributed by atoms with Gasteiger partial charge in [0.15, 0.2) is 0 Å². The average Bonchev–Trinajstić information content (AvgIpc) is 2.69. The van der Waals surface area contributed by atoms with Crippen LogP contribution >= 0.6 is 0 Å². The SMILES string of the molecule is Cc1c(O)ccc2c1OCC1c3ccccc3OC1C2. The van der Waals surface area contributed by atoms with E-state index in [-0.39, 0.29) is 17.8 Å². The van der Waals surface area contributed by atoms with Crippen LogP contribution in [-0.2, 0) is 6.42 Å². The summed E-state index contributed by atoms with van der Waals surface area (Å²) < 4.78 is 12.1. The van der Waals surface area contributed by atoms with Crippen molar-refractivity contribution in [3.8, 4) is 17.2 Å². The zero-order valence-electron chi connectivity index (χ0n) is 11.3. The minimum atomic E-state index is 0.123. The first-order chi connectivity index (χ1) is 9.74. The van der Waals surface area contributed by atoms with Gasteiger partial charge in [-0.3, -0.25) is 0 Å². The van der Waals surface area contributed by atoms with Gasteiger partial charge in [0.05, 0.1) is 12.5 Å². The highest BCUT2D eigenvalue weighted by Crippen LogP contribution is 2.44. The van der Waals surface area contributed by atoms with E-state index >= 15 is 0 Å². The van der Waals surface area contributed by atoms with Crippen molar-refractivity contribution in [3.05, 3.63) is 53.1 Å². The van der Waals surface area contributed by atoms with Crippen LogP contribution in [0.15, 0.2) is 36.4 Å². The number of phenols is 1. The molecule has 2 atom stereocenters. The fourth-order valence-electron chi connectivity index (χ4n) is 3.21. The first-order valence-corrected chi connectivity index (χ1v) is 6.94. The molecule has 1 N–H and O–H groups in total. The number of para-hydroxylation sites is 1. The van der Waals surface area contributed by atoms with Gasteiger partial charge in [-0.05, 0) is 24.6 Å². The molecule has 2 aromatic carbocycles. The molecular formula is C17H16O3. The van der Waals surface area contributed by atoms with E-state index in [1.54, 1.807) is 6.07 Å². The van der Waals surface area contributed by atoms with Gasteiger partial charge < -0.3 is 14.6 Å². The number of fused-ring (bicyclic) bond motifs is 4. The van der Waals surface area contributed by atoms with Crippen molar-refractivity contribution in [2.75, 3.05) is 6.61 Å². The van der Waals surface area contributed by atoms with Gasteiger partial charge in [-0.15, -0.1) is 0 Å². The maximum atomic E-state index is 9.82. The summed E-state index contributed by atoms with van der Waals surface area (Å²) in [5.41, 5.74) is 3.16. The third-order valence-corrected chi connectivity index (χ3v) is 4.33. The summed E-state index contributed by atoms with van der Waals surface area (Å²) in [5.74, 6) is 2.35. The second kappa shape index (κ2) is 4.17. The first kappa shape index (κ1) is 11.6. The molecule has 102 valence electrons. The lowest BCUT2D eigenvalue weighted by atomic mass is 9.93. The Balaban J connectivity index is 1.75. The van der Waals surface area contributed by atoms with Gasteiger partial charge in [-0.25, -0.2) is 0 Å². The summed E-state index contributed by atoms with van der Waals surface area (Å²) in [6, 6.07) is 11.9. The van der Waals surface area contributed by atoms with Gasteiger partial charge in [-0.2, -0.15) is 0 Å². The van der Waals surface area contributed by atoms with Crippen LogP contribution in [0.4, 0.5) is 0 Å². The van der Waals surface area contributed by atoms with Crippen molar-refractivity contribution in [1.82, 2.24) is 0 Å². The van der Waals surface area contributed by atoms with Crippen molar-refractivity contribution in [2.24, 2.45) is 0 Å². The Morgan fingerprint density at radius 3 is 2.90 bits per heavy atom. The van der Waals surface area contributed by atoms with Crippen molar-refractivity contribution >= 4 is 0 Å². The van der Waals surface area contributed by atoms with Crippen LogP contribution in [0.2, 0.25) is 0 Å². The van der Waals surface area contributed by atoms with Crippen molar-refractivity contribution in [2.45, 2.75) is 25.4 Å². The number of phenolic OH excluding ortho intramolecular Hbond substituents is 1. The number of hydrogen-bond acceptors (Lipinski definition) is 3. The van der Waals surface area contributed by atoms with Crippen LogP contribution in [0.3, 0.4) is 0 Å². The van der Waals surface area contributed by atoms with E-state index in [1.165, 1.54) is 5.56 Å². The second-order valence-corrected chi connectivity index (χ2v) is 5.51. The third-order valence-electron chi connectivity index (χ3n) is 4.33. The molecule has 0 aliphatic carbocycles. The fraction of sp³-hybridized carbons (Fsp3) is 0.294. The summed E-state index contributed by atoms with van der Waals surface area (Å²) in [7, 11) is 0. The maximum Gasteiger partial charge on any atom is 0.129 e. The monoisotopic (exact) mass is 268 g/mol. The van der Waals surface area contributed by atoms with E-state index in [0.717, 1.165) is 29.0 Å². The minimum absolute atomic E-state index is 0.123. The second-order valence-electron chi connectivity index (χ2n) is 5.51. The molecule has 3 nitrogen and oxygen atoms in total. The highest BCUT2D eigenvalue weighted by atomic mass is 16.5. The topological polar surface area (TPSA) is 38.7 Å². The van der Waals surface area contributed by atoms with Crippen LogP contribution in [-0.4, -0.2) is 17.8 Å². The Morgan fingerprint density at radius 1 is 1.15 bits per heavy atom. The summed E-state index contributed by atoms with van der Waals surface area (Å²) in [6.45, 7) is 2.49. The molecule has 0 saturated carbocycles. The van der Waals surface area contributed by atoms with E-state index in [1.807, 2.05) is 31.2 Å². The van der Waals surface area contributed by atoms with Gasteiger partial charge in [-0.1, -0.05) is 24.3 Å². The zero-order chi connectivity index (χ0) is 13.7. The molecule has 2 aliphatic rings. The molecule has 0 fully saturated rings. The normalized spacial score (nSPS) is 22.9. The van der Waals surface area contributed by atoms with Gasteiger partial charge in [0.2, 0.25) is 0 Å². The number of hydrogen-bond donors (Lipinski definition) is 1. The number of rotatable bonds is 0. The summed E-state index contributed by atoms with van der Waals surface area (Å²) in [5, 5.41) is 9.82. The lowest BCUT2D eigenvalue weighted by Crippen LogP contribution is -2.23. The molecule has 20 heavy (non-hydrogen) atoms. The van der Waals surface area contributed by atoms with Crippen LogP contribution in [0.25, 0.3) is 0 Å². The number of benzene rings is 2. The zero-order valence-corrected chi connectivity index (χ0v) is 11.3. The summed E-state index contributed by atoms with van der Waals surface area (Å²) >= 11 is 0. The van der Waals surface area contributed by atoms with E-state index in [2.05, 4.69) is 6.07 Å². The highest BCUT2D eigenvalue weighted by Gasteiger charge is 2.37. The van der Waals surface area contributed by atoms with Crippen molar-refractivity contribution < 1.29 is 14.6 Å². The minimum Gasteiger partial charge on any atom is -0.508 e. The molecular weight excluding hydrogens is 252 g/mol. The summed E-state index contributed by atoms with van der Waals surface area (Å²) in [6.07, 6.45) is 0.938. The molecule has 4 rings (SSSR count). The largest absolute Gasteiger partial charge is 0.508 e. The molecule has 2 aliphatic heterocycles. The van der Waals surface area contributed by atoms with Gasteiger partial charge >= 0.3 is 0 Å². The molecule has 2 heterocycles. The maximum absolute atomic E-state index is 9.82. The standard InChI is InChI=1S/C17H16O3/c1-10-14(18)7-6-11-8-16-13(9-19-17(10)11)12-4-2-3-5-15(12)20-16/h2-7,13,16,18H,8-9H2,1H3. The Bertz CT molecular complexity index is 678. The van der Waals surface area contributed by atoms with Crippen LogP contribution < -0.4 is 9.47 Å². The smallest absolute Gasteiger partial charge is 0.129 e. The van der Waals surface area contributed by atoms with E-state index in [9.17, 15) is 5.11 Å². The van der Waals surface area contributed by atoms with Crippen LogP contribution in [0.5, 0.6) is 17.2 Å². The molecule has 0 radical (unpaired) electrons. The molecule has 0 saturated heterocycles. The van der Waals surface area contributed by atoms with Crippen LogP contribution in [0.1, 0.15) is 22.6 Å². The van der Waals surface area contributed by atoms with Crippen molar-refractivity contribution in [1.29, 1.82) is 0 Å². The third kappa shape index (κ3) is 1.59. The molecule has 0 bridgehead atoms. The average molecular weight is 268 g/mol. The number of ether oxygens (including phenoxy) is 2. The first-order valence-electron chi connectivity index (χ1n) is 6.94. The van der Waals surface area contributed by atoms with Gasteiger partial charge in [0.25, 0.3) is 0 Å². The lowest BCUT2D eigenvalue weighted by molar-refractivity contribution is 0.181. The van der Waals surface area contributed by atoms with Gasteiger partial charge in [0.1, 0.15) is 23.4 Å². The van der Waals surface area contributed by atoms with Crippen molar-refractivity contribution in [3.63, 3.8) is 0 Å². The quantitative estimate of drug-likeness (QED) is 0.797. The predicted molar refractivity (Wildman–Crippen MR) is 75.6 cm³/mol. The Kier molecular flexibility index (Phi) is 2.43. The Labute approximate surface area is 117 Å².